The lowest BCUT2D eigenvalue weighted by molar-refractivity contribution is -0.164. The predicted octanol–water partition coefficient (Wildman–Crippen LogP) is 3.95. The van der Waals surface area contributed by atoms with Crippen LogP contribution in [0, 0.1) is 5.92 Å². The highest BCUT2D eigenvalue weighted by atomic mass is 16.6. The summed E-state index contributed by atoms with van der Waals surface area (Å²) in [5.74, 6) is 0.205. The van der Waals surface area contributed by atoms with Crippen LogP contribution in [0.2, 0.25) is 0 Å². The van der Waals surface area contributed by atoms with Crippen LogP contribution in [0.25, 0.3) is 0 Å². The zero-order valence-electron chi connectivity index (χ0n) is 18.1. The average Bonchev–Trinajstić information content (AvgIpc) is 2.73. The van der Waals surface area contributed by atoms with Crippen molar-refractivity contribution < 1.29 is 23.8 Å². The molecule has 0 aromatic carbocycles. The molecule has 6 nitrogen and oxygen atoms in total. The predicted molar refractivity (Wildman–Crippen MR) is 113 cm³/mol. The zero-order valence-corrected chi connectivity index (χ0v) is 18.1. The Kier molecular flexibility index (Phi) is 7.26. The normalized spacial score (nSPS) is 34.3. The van der Waals surface area contributed by atoms with E-state index in [9.17, 15) is 9.59 Å². The first kappa shape index (κ1) is 21.6. The molecule has 0 saturated heterocycles. The third kappa shape index (κ3) is 5.52. The van der Waals surface area contributed by atoms with Crippen molar-refractivity contribution in [1.29, 1.82) is 0 Å². The summed E-state index contributed by atoms with van der Waals surface area (Å²) in [4.78, 5) is 23.3. The number of esters is 1. The number of allylic oxidation sites excluding steroid dienone is 1. The summed E-state index contributed by atoms with van der Waals surface area (Å²) in [6.07, 6.45) is 15.0. The molecule has 0 bridgehead atoms. The topological polar surface area (TPSA) is 73.9 Å². The van der Waals surface area contributed by atoms with Gasteiger partial charge in [-0.1, -0.05) is 18.6 Å². The fraction of sp³-hybridized carbons (Fsp3) is 0.750. The second-order valence-corrected chi connectivity index (χ2v) is 9.17. The van der Waals surface area contributed by atoms with E-state index in [4.69, 9.17) is 14.2 Å². The van der Waals surface area contributed by atoms with Gasteiger partial charge in [-0.15, -0.1) is 0 Å². The van der Waals surface area contributed by atoms with E-state index in [2.05, 4.69) is 17.5 Å². The Bertz CT molecular complexity index is 700. The van der Waals surface area contributed by atoms with Gasteiger partial charge in [0.1, 0.15) is 6.10 Å². The van der Waals surface area contributed by atoms with E-state index in [0.717, 1.165) is 69.9 Å². The molecule has 0 radical (unpaired) electrons. The highest BCUT2D eigenvalue weighted by Crippen LogP contribution is 2.33. The summed E-state index contributed by atoms with van der Waals surface area (Å²) in [5, 5.41) is 3.07. The van der Waals surface area contributed by atoms with Crippen LogP contribution in [0.3, 0.4) is 0 Å². The van der Waals surface area contributed by atoms with Crippen molar-refractivity contribution in [2.75, 3.05) is 6.61 Å². The maximum Gasteiger partial charge on any atom is 0.302 e. The molecule has 5 unspecified atom stereocenters. The van der Waals surface area contributed by atoms with Crippen molar-refractivity contribution in [1.82, 2.24) is 5.32 Å². The van der Waals surface area contributed by atoms with Gasteiger partial charge in [-0.2, -0.15) is 0 Å². The number of amides is 1. The third-order valence-corrected chi connectivity index (χ3v) is 6.79. The standard InChI is InChI=1S/C24H35NO5/c1-16(26)29-20-9-2-3-10-21(20)30-19-8-4-6-17(14-19)15-28-22-11-5-7-18-12-13-23(27)25-24(18)22/h4,6,17,19-22H,2-3,5,7-15H2,1H3,(H,25,27). The minimum atomic E-state index is -0.221. The lowest BCUT2D eigenvalue weighted by Gasteiger charge is -2.36. The number of rotatable bonds is 6. The average molecular weight is 418 g/mol. The van der Waals surface area contributed by atoms with E-state index in [1.54, 1.807) is 0 Å². The van der Waals surface area contributed by atoms with Crippen molar-refractivity contribution in [2.45, 2.75) is 102 Å². The first-order valence-corrected chi connectivity index (χ1v) is 11.7. The summed E-state index contributed by atoms with van der Waals surface area (Å²) in [6.45, 7) is 2.12. The molecule has 4 rings (SSSR count). The second kappa shape index (κ2) is 10.1. The van der Waals surface area contributed by atoms with Crippen molar-refractivity contribution in [2.24, 2.45) is 5.92 Å². The molecular formula is C24H35NO5. The number of carbonyl (C=O) groups is 2. The maximum absolute atomic E-state index is 11.8. The molecule has 4 aliphatic rings. The summed E-state index contributed by atoms with van der Waals surface area (Å²) < 4.78 is 18.2. The fourth-order valence-corrected chi connectivity index (χ4v) is 5.30. The molecule has 3 aliphatic carbocycles. The lowest BCUT2D eigenvalue weighted by Crippen LogP contribution is -2.40. The van der Waals surface area contributed by atoms with Crippen LogP contribution in [0.4, 0.5) is 0 Å². The third-order valence-electron chi connectivity index (χ3n) is 6.79. The summed E-state index contributed by atoms with van der Waals surface area (Å²) in [5.41, 5.74) is 2.41. The Morgan fingerprint density at radius 2 is 1.93 bits per heavy atom. The molecule has 5 atom stereocenters. The van der Waals surface area contributed by atoms with Gasteiger partial charge >= 0.3 is 5.97 Å². The van der Waals surface area contributed by atoms with Crippen LogP contribution in [-0.2, 0) is 23.8 Å². The van der Waals surface area contributed by atoms with Gasteiger partial charge in [0.05, 0.1) is 24.9 Å². The van der Waals surface area contributed by atoms with Crippen LogP contribution in [0.15, 0.2) is 23.4 Å². The van der Waals surface area contributed by atoms with E-state index < -0.39 is 0 Å². The van der Waals surface area contributed by atoms with Crippen LogP contribution in [0.5, 0.6) is 0 Å². The largest absolute Gasteiger partial charge is 0.460 e. The van der Waals surface area contributed by atoms with Gasteiger partial charge in [-0.25, -0.2) is 0 Å². The molecule has 0 aromatic heterocycles. The first-order valence-electron chi connectivity index (χ1n) is 11.7. The van der Waals surface area contributed by atoms with Crippen molar-refractivity contribution >= 4 is 11.9 Å². The molecule has 0 spiro atoms. The molecule has 1 amide bonds. The van der Waals surface area contributed by atoms with E-state index in [-0.39, 0.29) is 36.3 Å². The fourth-order valence-electron chi connectivity index (χ4n) is 5.30. The monoisotopic (exact) mass is 417 g/mol. The highest BCUT2D eigenvalue weighted by molar-refractivity contribution is 5.80. The molecule has 0 aromatic rings. The number of carbonyl (C=O) groups excluding carboxylic acids is 2. The van der Waals surface area contributed by atoms with Crippen molar-refractivity contribution in [3.63, 3.8) is 0 Å². The zero-order chi connectivity index (χ0) is 20.9. The van der Waals surface area contributed by atoms with E-state index in [1.807, 2.05) is 0 Å². The molecule has 1 saturated carbocycles. The van der Waals surface area contributed by atoms with E-state index >= 15 is 0 Å². The van der Waals surface area contributed by atoms with Crippen LogP contribution in [-0.4, -0.2) is 42.9 Å². The van der Waals surface area contributed by atoms with Gasteiger partial charge < -0.3 is 19.5 Å². The van der Waals surface area contributed by atoms with Gasteiger partial charge in [0.15, 0.2) is 0 Å². The Balaban J connectivity index is 1.29. The van der Waals surface area contributed by atoms with Gasteiger partial charge in [-0.3, -0.25) is 9.59 Å². The van der Waals surface area contributed by atoms with Crippen LogP contribution in [0.1, 0.15) is 77.6 Å². The van der Waals surface area contributed by atoms with Gasteiger partial charge in [0.2, 0.25) is 5.91 Å². The Morgan fingerprint density at radius 3 is 2.77 bits per heavy atom. The van der Waals surface area contributed by atoms with E-state index in [0.29, 0.717) is 18.9 Å². The minimum Gasteiger partial charge on any atom is -0.460 e. The van der Waals surface area contributed by atoms with Gasteiger partial charge in [0.25, 0.3) is 0 Å². The Morgan fingerprint density at radius 1 is 1.10 bits per heavy atom. The molecule has 166 valence electrons. The van der Waals surface area contributed by atoms with E-state index in [1.165, 1.54) is 12.5 Å². The molecular weight excluding hydrogens is 382 g/mol. The molecule has 30 heavy (non-hydrogen) atoms. The van der Waals surface area contributed by atoms with Crippen LogP contribution < -0.4 is 5.32 Å². The lowest BCUT2D eigenvalue weighted by atomic mass is 9.88. The number of hydrogen-bond acceptors (Lipinski definition) is 5. The Hall–Kier alpha value is -1.66. The molecule has 1 fully saturated rings. The molecule has 1 heterocycles. The number of ether oxygens (including phenoxy) is 3. The maximum atomic E-state index is 11.8. The molecule has 1 N–H and O–H groups in total. The van der Waals surface area contributed by atoms with Gasteiger partial charge in [0, 0.05) is 25.0 Å². The quantitative estimate of drug-likeness (QED) is 0.523. The number of hydrogen-bond donors (Lipinski definition) is 1. The summed E-state index contributed by atoms with van der Waals surface area (Å²) >= 11 is 0. The van der Waals surface area contributed by atoms with Crippen LogP contribution >= 0.6 is 0 Å². The SMILES string of the molecule is CC(=O)OC1CCCCC1OC1CC=CC(COC2CCCC3=C2NC(=O)CC3)C1. The summed E-state index contributed by atoms with van der Waals surface area (Å²) in [6, 6.07) is 0. The molecule has 1 aliphatic heterocycles. The van der Waals surface area contributed by atoms with Gasteiger partial charge in [-0.05, 0) is 63.4 Å². The highest BCUT2D eigenvalue weighted by Gasteiger charge is 2.33. The first-order chi connectivity index (χ1) is 14.6. The second-order valence-electron chi connectivity index (χ2n) is 9.17. The Labute approximate surface area is 179 Å². The minimum absolute atomic E-state index is 0.00391. The smallest absolute Gasteiger partial charge is 0.302 e. The summed E-state index contributed by atoms with van der Waals surface area (Å²) in [7, 11) is 0. The van der Waals surface area contributed by atoms with Crippen molar-refractivity contribution in [3.8, 4) is 0 Å². The van der Waals surface area contributed by atoms with Crippen molar-refractivity contribution in [3.05, 3.63) is 23.4 Å². The molecule has 6 heteroatoms. The number of nitrogens with one attached hydrogen (secondary N) is 1.